The third-order valence-corrected chi connectivity index (χ3v) is 3.75. The van der Waals surface area contributed by atoms with E-state index >= 15 is 0 Å². The Morgan fingerprint density at radius 2 is 2.05 bits per heavy atom. The molecule has 0 saturated carbocycles. The Morgan fingerprint density at radius 3 is 2.70 bits per heavy atom. The Balaban J connectivity index is 1.98. The van der Waals surface area contributed by atoms with Crippen LogP contribution in [0.1, 0.15) is 30.3 Å². The van der Waals surface area contributed by atoms with Crippen LogP contribution >= 0.6 is 11.6 Å². The molecule has 0 aliphatic rings. The van der Waals surface area contributed by atoms with E-state index in [2.05, 4.69) is 10.1 Å². The highest BCUT2D eigenvalue weighted by atomic mass is 35.5. The van der Waals surface area contributed by atoms with Gasteiger partial charge in [-0.1, -0.05) is 11.6 Å². The van der Waals surface area contributed by atoms with Gasteiger partial charge in [0, 0.05) is 31.8 Å². The molecule has 0 bridgehead atoms. The first-order valence-corrected chi connectivity index (χ1v) is 7.12. The lowest BCUT2D eigenvalue weighted by molar-refractivity contribution is -0.118. The third-order valence-electron chi connectivity index (χ3n) is 3.26. The zero-order valence-corrected chi connectivity index (χ0v) is 12.5. The molecule has 0 spiro atoms. The molecule has 2 rings (SSSR count). The van der Waals surface area contributed by atoms with Gasteiger partial charge in [-0.05, 0) is 38.0 Å². The normalized spacial score (nSPS) is 10.8. The van der Waals surface area contributed by atoms with E-state index in [1.807, 2.05) is 30.7 Å². The van der Waals surface area contributed by atoms with Crippen LogP contribution in [0.25, 0.3) is 0 Å². The molecule has 4 nitrogen and oxygen atoms in total. The Kier molecular flexibility index (Phi) is 4.90. The highest BCUT2D eigenvalue weighted by Crippen LogP contribution is 2.21. The van der Waals surface area contributed by atoms with E-state index in [-0.39, 0.29) is 5.78 Å². The van der Waals surface area contributed by atoms with Gasteiger partial charge in [-0.3, -0.25) is 14.5 Å². The maximum absolute atomic E-state index is 12.1. The fourth-order valence-corrected chi connectivity index (χ4v) is 2.35. The number of rotatable bonds is 6. The van der Waals surface area contributed by atoms with Gasteiger partial charge in [-0.25, -0.2) is 0 Å². The largest absolute Gasteiger partial charge is 0.299 e. The van der Waals surface area contributed by atoms with Gasteiger partial charge in [0.1, 0.15) is 5.78 Å². The smallest absolute Gasteiger partial charge is 0.139 e. The first-order chi connectivity index (χ1) is 9.61. The average molecular weight is 292 g/mol. The predicted molar refractivity (Wildman–Crippen MR) is 78.9 cm³/mol. The molecule has 0 aliphatic carbocycles. The maximum atomic E-state index is 12.1. The Morgan fingerprint density at radius 1 is 1.35 bits per heavy atom. The molecule has 106 valence electrons. The summed E-state index contributed by atoms with van der Waals surface area (Å²) in [5.41, 5.74) is 2.73. The molecule has 0 amide bonds. The summed E-state index contributed by atoms with van der Waals surface area (Å²) in [6, 6.07) is 3.86. The minimum absolute atomic E-state index is 0.179. The van der Waals surface area contributed by atoms with Crippen molar-refractivity contribution in [2.45, 2.75) is 39.7 Å². The van der Waals surface area contributed by atoms with Crippen molar-refractivity contribution in [1.29, 1.82) is 0 Å². The summed E-state index contributed by atoms with van der Waals surface area (Å²) in [5.74, 6) is 0.179. The molecule has 20 heavy (non-hydrogen) atoms. The van der Waals surface area contributed by atoms with E-state index < -0.39 is 0 Å². The Hall–Kier alpha value is -1.68. The van der Waals surface area contributed by atoms with Gasteiger partial charge in [0.2, 0.25) is 0 Å². The summed E-state index contributed by atoms with van der Waals surface area (Å²) in [5, 5.41) is 4.94. The summed E-state index contributed by atoms with van der Waals surface area (Å²) in [4.78, 5) is 16.1. The number of hydrogen-bond acceptors (Lipinski definition) is 3. The van der Waals surface area contributed by atoms with Crippen LogP contribution in [0.5, 0.6) is 0 Å². The molecular weight excluding hydrogens is 274 g/mol. The Labute approximate surface area is 123 Å². The maximum Gasteiger partial charge on any atom is 0.139 e. The highest BCUT2D eigenvalue weighted by Gasteiger charge is 2.15. The van der Waals surface area contributed by atoms with Gasteiger partial charge in [0.25, 0.3) is 0 Å². The molecule has 0 radical (unpaired) electrons. The van der Waals surface area contributed by atoms with E-state index in [9.17, 15) is 4.79 Å². The summed E-state index contributed by atoms with van der Waals surface area (Å²) in [6.07, 6.45) is 5.07. The van der Waals surface area contributed by atoms with Crippen molar-refractivity contribution < 1.29 is 4.79 Å². The number of nitrogens with zero attached hydrogens (tertiary/aromatic N) is 3. The lowest BCUT2D eigenvalue weighted by atomic mass is 10.1. The van der Waals surface area contributed by atoms with Crippen molar-refractivity contribution >= 4 is 17.4 Å². The van der Waals surface area contributed by atoms with Crippen molar-refractivity contribution in [3.8, 4) is 0 Å². The molecule has 5 heteroatoms. The number of Topliss-reactive ketones (excluding diaryl/α,β-unsaturated/α-hetero) is 1. The van der Waals surface area contributed by atoms with E-state index in [1.54, 1.807) is 12.4 Å². The van der Waals surface area contributed by atoms with Gasteiger partial charge < -0.3 is 0 Å². The SMILES string of the molecule is CCn1nc(C)c(Cl)c1CC(=O)CCc1ccncc1. The first-order valence-electron chi connectivity index (χ1n) is 6.74. The number of aromatic nitrogens is 3. The van der Waals surface area contributed by atoms with E-state index in [4.69, 9.17) is 11.6 Å². The van der Waals surface area contributed by atoms with E-state index in [0.29, 0.717) is 17.9 Å². The summed E-state index contributed by atoms with van der Waals surface area (Å²) >= 11 is 6.21. The fourth-order valence-electron chi connectivity index (χ4n) is 2.15. The second kappa shape index (κ2) is 6.66. The van der Waals surface area contributed by atoms with Crippen molar-refractivity contribution in [3.63, 3.8) is 0 Å². The van der Waals surface area contributed by atoms with Gasteiger partial charge in [0.15, 0.2) is 0 Å². The monoisotopic (exact) mass is 291 g/mol. The van der Waals surface area contributed by atoms with Crippen molar-refractivity contribution in [1.82, 2.24) is 14.8 Å². The van der Waals surface area contributed by atoms with Gasteiger partial charge in [-0.2, -0.15) is 5.10 Å². The standard InChI is InChI=1S/C15H18ClN3O/c1-3-19-14(15(16)11(2)18-19)10-13(20)5-4-12-6-8-17-9-7-12/h6-9H,3-5,10H2,1-2H3. The number of halogens is 1. The summed E-state index contributed by atoms with van der Waals surface area (Å²) < 4.78 is 1.81. The molecule has 2 aromatic heterocycles. The van der Waals surface area contributed by atoms with Crippen LogP contribution in [0.2, 0.25) is 5.02 Å². The number of ketones is 1. The average Bonchev–Trinajstić information content (AvgIpc) is 2.74. The van der Waals surface area contributed by atoms with Gasteiger partial charge in [0.05, 0.1) is 16.4 Å². The molecule has 0 fully saturated rings. The fraction of sp³-hybridized carbons (Fsp3) is 0.400. The molecule has 0 saturated heterocycles. The van der Waals surface area contributed by atoms with Crippen LogP contribution in [0.3, 0.4) is 0 Å². The summed E-state index contributed by atoms with van der Waals surface area (Å²) in [6.45, 7) is 4.58. The highest BCUT2D eigenvalue weighted by molar-refractivity contribution is 6.32. The number of carbonyl (C=O) groups is 1. The predicted octanol–water partition coefficient (Wildman–Crippen LogP) is 3.00. The second-order valence-electron chi connectivity index (χ2n) is 4.73. The number of hydrogen-bond donors (Lipinski definition) is 0. The van der Waals surface area contributed by atoms with Crippen molar-refractivity contribution in [3.05, 3.63) is 46.5 Å². The molecule has 0 aliphatic heterocycles. The lowest BCUT2D eigenvalue weighted by Crippen LogP contribution is -2.10. The van der Waals surface area contributed by atoms with E-state index in [0.717, 1.165) is 29.9 Å². The summed E-state index contributed by atoms with van der Waals surface area (Å²) in [7, 11) is 0. The van der Waals surface area contributed by atoms with Crippen LogP contribution < -0.4 is 0 Å². The minimum Gasteiger partial charge on any atom is -0.299 e. The molecule has 0 N–H and O–H groups in total. The van der Waals surface area contributed by atoms with Crippen LogP contribution in [0.4, 0.5) is 0 Å². The number of aryl methyl sites for hydroxylation is 3. The molecule has 0 atom stereocenters. The molecule has 2 aromatic rings. The number of pyridine rings is 1. The van der Waals surface area contributed by atoms with Crippen LogP contribution in [0, 0.1) is 6.92 Å². The topological polar surface area (TPSA) is 47.8 Å². The zero-order chi connectivity index (χ0) is 14.5. The van der Waals surface area contributed by atoms with Crippen molar-refractivity contribution in [2.75, 3.05) is 0 Å². The zero-order valence-electron chi connectivity index (χ0n) is 11.8. The lowest BCUT2D eigenvalue weighted by Gasteiger charge is -2.05. The minimum atomic E-state index is 0.179. The van der Waals surface area contributed by atoms with Crippen LogP contribution in [-0.4, -0.2) is 20.5 Å². The van der Waals surface area contributed by atoms with Gasteiger partial charge >= 0.3 is 0 Å². The van der Waals surface area contributed by atoms with E-state index in [1.165, 1.54) is 0 Å². The van der Waals surface area contributed by atoms with Gasteiger partial charge in [-0.15, -0.1) is 0 Å². The molecule has 2 heterocycles. The second-order valence-corrected chi connectivity index (χ2v) is 5.11. The molecule has 0 unspecified atom stereocenters. The Bertz CT molecular complexity index is 593. The van der Waals surface area contributed by atoms with Crippen LogP contribution in [-0.2, 0) is 24.2 Å². The number of carbonyl (C=O) groups excluding carboxylic acids is 1. The third kappa shape index (κ3) is 3.45. The molecule has 0 aromatic carbocycles. The molecular formula is C15H18ClN3O. The first kappa shape index (κ1) is 14.7. The van der Waals surface area contributed by atoms with Crippen LogP contribution in [0.15, 0.2) is 24.5 Å². The van der Waals surface area contributed by atoms with Crippen molar-refractivity contribution in [2.24, 2.45) is 0 Å². The quantitative estimate of drug-likeness (QED) is 0.822.